The number of aryl methyl sites for hydroxylation is 1. The predicted octanol–water partition coefficient (Wildman–Crippen LogP) is 3.35. The van der Waals surface area contributed by atoms with Gasteiger partial charge in [0, 0.05) is 30.8 Å². The zero-order chi connectivity index (χ0) is 27.3. The summed E-state index contributed by atoms with van der Waals surface area (Å²) in [4.78, 5) is 12.7. The maximum absolute atomic E-state index is 13.7. The Labute approximate surface area is 221 Å². The Hall–Kier alpha value is -4.10. The fraction of sp³-hybridized carbons (Fsp3) is 0.320. The van der Waals surface area contributed by atoms with Gasteiger partial charge in [0.05, 0.1) is 31.8 Å². The van der Waals surface area contributed by atoms with Crippen LogP contribution in [0.1, 0.15) is 31.3 Å². The van der Waals surface area contributed by atoms with E-state index in [-0.39, 0.29) is 12.6 Å². The van der Waals surface area contributed by atoms with E-state index in [1.807, 2.05) is 0 Å². The Kier molecular flexibility index (Phi) is 8.17. The molecule has 38 heavy (non-hydrogen) atoms. The molecule has 13 heteroatoms. The fourth-order valence-corrected chi connectivity index (χ4v) is 4.99. The van der Waals surface area contributed by atoms with Crippen molar-refractivity contribution in [2.45, 2.75) is 32.1 Å². The number of sulfonamides is 1. The van der Waals surface area contributed by atoms with Gasteiger partial charge in [0.25, 0.3) is 0 Å². The first kappa shape index (κ1) is 26.9. The normalized spacial score (nSPS) is 13.1. The van der Waals surface area contributed by atoms with Gasteiger partial charge in [-0.3, -0.25) is 24.2 Å². The number of ether oxygens (including phenoxy) is 3. The molecule has 0 saturated carbocycles. The van der Waals surface area contributed by atoms with Gasteiger partial charge in [0.15, 0.2) is 5.82 Å². The van der Waals surface area contributed by atoms with Gasteiger partial charge < -0.3 is 14.2 Å². The van der Waals surface area contributed by atoms with E-state index in [0.717, 1.165) is 0 Å². The third kappa shape index (κ3) is 5.43. The molecular weight excluding hydrogens is 510 g/mol. The minimum absolute atomic E-state index is 0.0660. The number of nitrogens with one attached hydrogen (secondary N) is 1. The summed E-state index contributed by atoms with van der Waals surface area (Å²) in [5.41, 5.74) is 2.13. The molecular formula is C25H29N7O5S. The third-order valence-corrected chi connectivity index (χ3v) is 7.49. The molecule has 1 N–H and O–H groups in total. The van der Waals surface area contributed by atoms with Gasteiger partial charge in [-0.05, 0) is 45.0 Å². The van der Waals surface area contributed by atoms with Crippen LogP contribution in [-0.4, -0.2) is 64.2 Å². The average molecular weight is 540 g/mol. The standard InChI is InChI=1S/C25H29N7O5S/c1-6-37-23(19-15-27-16(2)13-28-19)17(3)38(33,34)31-25-30-29-24(18-9-8-12-26-14-18)32(25)22-20(35-4)10-7-11-21(22)36-5/h7-15,17,23H,6H2,1-5H3,(H,30,31)/t17-,23-/m1/s1. The molecule has 0 bridgehead atoms. The molecule has 1 aromatic carbocycles. The first-order valence-corrected chi connectivity index (χ1v) is 13.3. The van der Waals surface area contributed by atoms with Crippen LogP contribution in [0.15, 0.2) is 55.1 Å². The largest absolute Gasteiger partial charge is 0.494 e. The number of hydrogen-bond donors (Lipinski definition) is 1. The molecule has 0 aliphatic carbocycles. The molecule has 4 aromatic rings. The number of rotatable bonds is 11. The number of aromatic nitrogens is 6. The van der Waals surface area contributed by atoms with Crippen LogP contribution in [0.4, 0.5) is 5.95 Å². The van der Waals surface area contributed by atoms with Crippen molar-refractivity contribution in [3.8, 4) is 28.6 Å². The summed E-state index contributed by atoms with van der Waals surface area (Å²) < 4.78 is 48.5. The van der Waals surface area contributed by atoms with Gasteiger partial charge in [-0.2, -0.15) is 0 Å². The zero-order valence-corrected chi connectivity index (χ0v) is 22.5. The van der Waals surface area contributed by atoms with E-state index < -0.39 is 21.4 Å². The van der Waals surface area contributed by atoms with Crippen molar-refractivity contribution in [1.29, 1.82) is 0 Å². The predicted molar refractivity (Wildman–Crippen MR) is 141 cm³/mol. The van der Waals surface area contributed by atoms with E-state index in [1.165, 1.54) is 31.9 Å². The summed E-state index contributed by atoms with van der Waals surface area (Å²) in [5.74, 6) is 1.11. The molecule has 200 valence electrons. The second-order valence-corrected chi connectivity index (χ2v) is 10.3. The minimum Gasteiger partial charge on any atom is -0.494 e. The third-order valence-electron chi connectivity index (χ3n) is 5.80. The average Bonchev–Trinajstić information content (AvgIpc) is 3.34. The molecule has 0 fully saturated rings. The number of anilines is 1. The highest BCUT2D eigenvalue weighted by Gasteiger charge is 2.35. The van der Waals surface area contributed by atoms with Crippen molar-refractivity contribution < 1.29 is 22.6 Å². The van der Waals surface area contributed by atoms with Crippen LogP contribution >= 0.6 is 0 Å². The smallest absolute Gasteiger partial charge is 0.243 e. The Bertz CT molecular complexity index is 1460. The molecule has 0 unspecified atom stereocenters. The molecule has 2 atom stereocenters. The Morgan fingerprint density at radius 1 is 1.00 bits per heavy atom. The molecule has 0 aliphatic heterocycles. The van der Waals surface area contributed by atoms with E-state index in [2.05, 4.69) is 29.9 Å². The van der Waals surface area contributed by atoms with Gasteiger partial charge in [0.1, 0.15) is 28.5 Å². The Balaban J connectivity index is 1.83. The first-order valence-electron chi connectivity index (χ1n) is 11.8. The van der Waals surface area contributed by atoms with Crippen molar-refractivity contribution >= 4 is 16.0 Å². The Morgan fingerprint density at radius 2 is 1.74 bits per heavy atom. The van der Waals surface area contributed by atoms with Gasteiger partial charge in [-0.25, -0.2) is 8.42 Å². The monoisotopic (exact) mass is 539 g/mol. The van der Waals surface area contributed by atoms with Gasteiger partial charge in [-0.1, -0.05) is 6.07 Å². The quantitative estimate of drug-likeness (QED) is 0.301. The molecule has 0 spiro atoms. The second-order valence-electron chi connectivity index (χ2n) is 8.25. The van der Waals surface area contributed by atoms with E-state index in [1.54, 1.807) is 62.8 Å². The SMILES string of the molecule is CCO[C@@H](c1cnc(C)cn1)[C@@H](C)S(=O)(=O)Nc1nnc(-c2cccnc2)n1-c1c(OC)cccc1OC. The summed E-state index contributed by atoms with van der Waals surface area (Å²) in [6, 6.07) is 8.75. The van der Waals surface area contributed by atoms with Gasteiger partial charge in [-0.15, -0.1) is 10.2 Å². The lowest BCUT2D eigenvalue weighted by atomic mass is 10.2. The number of pyridine rings is 1. The summed E-state index contributed by atoms with van der Waals surface area (Å²) in [6.45, 7) is 5.40. The summed E-state index contributed by atoms with van der Waals surface area (Å²) >= 11 is 0. The highest BCUT2D eigenvalue weighted by atomic mass is 32.2. The summed E-state index contributed by atoms with van der Waals surface area (Å²) in [5, 5.41) is 7.42. The van der Waals surface area contributed by atoms with E-state index in [0.29, 0.717) is 40.0 Å². The van der Waals surface area contributed by atoms with E-state index in [9.17, 15) is 8.42 Å². The van der Waals surface area contributed by atoms with Crippen LogP contribution in [0.2, 0.25) is 0 Å². The first-order chi connectivity index (χ1) is 18.3. The topological polar surface area (TPSA) is 143 Å². The molecule has 3 aromatic heterocycles. The van der Waals surface area contributed by atoms with E-state index >= 15 is 0 Å². The van der Waals surface area contributed by atoms with Crippen molar-refractivity contribution in [3.05, 3.63) is 66.5 Å². The minimum atomic E-state index is -4.09. The molecule has 3 heterocycles. The molecule has 0 radical (unpaired) electrons. The van der Waals surface area contributed by atoms with Crippen LogP contribution in [-0.2, 0) is 14.8 Å². The maximum atomic E-state index is 13.7. The van der Waals surface area contributed by atoms with Crippen LogP contribution in [0.25, 0.3) is 17.1 Å². The van der Waals surface area contributed by atoms with Crippen molar-refractivity contribution in [1.82, 2.24) is 29.7 Å². The fourth-order valence-electron chi connectivity index (χ4n) is 3.87. The van der Waals surface area contributed by atoms with Crippen molar-refractivity contribution in [2.75, 3.05) is 25.5 Å². The molecule has 0 aliphatic rings. The van der Waals surface area contributed by atoms with Crippen LogP contribution in [0.3, 0.4) is 0 Å². The van der Waals surface area contributed by atoms with Crippen molar-refractivity contribution in [2.24, 2.45) is 0 Å². The lowest BCUT2D eigenvalue weighted by Crippen LogP contribution is -2.33. The van der Waals surface area contributed by atoms with Gasteiger partial charge >= 0.3 is 0 Å². The van der Waals surface area contributed by atoms with Crippen LogP contribution in [0.5, 0.6) is 11.5 Å². The number of nitrogens with zero attached hydrogens (tertiary/aromatic N) is 6. The number of methoxy groups -OCH3 is 2. The van der Waals surface area contributed by atoms with E-state index in [4.69, 9.17) is 14.2 Å². The number of para-hydroxylation sites is 1. The zero-order valence-electron chi connectivity index (χ0n) is 21.7. The molecule has 0 amide bonds. The number of hydrogen-bond acceptors (Lipinski definition) is 10. The van der Waals surface area contributed by atoms with Crippen LogP contribution in [0, 0.1) is 6.92 Å². The second kappa shape index (κ2) is 11.5. The lowest BCUT2D eigenvalue weighted by molar-refractivity contribution is 0.0588. The molecule has 4 rings (SSSR count). The molecule has 0 saturated heterocycles. The molecule has 12 nitrogen and oxygen atoms in total. The lowest BCUT2D eigenvalue weighted by Gasteiger charge is -2.24. The van der Waals surface area contributed by atoms with Crippen molar-refractivity contribution in [3.63, 3.8) is 0 Å². The van der Waals surface area contributed by atoms with Crippen LogP contribution < -0.4 is 14.2 Å². The summed E-state index contributed by atoms with van der Waals surface area (Å²) in [6.07, 6.45) is 5.44. The highest BCUT2D eigenvalue weighted by Crippen LogP contribution is 2.38. The summed E-state index contributed by atoms with van der Waals surface area (Å²) in [7, 11) is -1.08. The number of benzene rings is 1. The Morgan fingerprint density at radius 3 is 2.32 bits per heavy atom. The highest BCUT2D eigenvalue weighted by molar-refractivity contribution is 7.93. The van der Waals surface area contributed by atoms with Gasteiger partial charge in [0.2, 0.25) is 16.0 Å². The maximum Gasteiger partial charge on any atom is 0.243 e.